The van der Waals surface area contributed by atoms with Crippen molar-refractivity contribution in [2.45, 2.75) is 19.9 Å². The van der Waals surface area contributed by atoms with Crippen LogP contribution in [0.5, 0.6) is 0 Å². The molecule has 0 atom stereocenters. The topological polar surface area (TPSA) is 67.7 Å². The van der Waals surface area contributed by atoms with E-state index in [2.05, 4.69) is 32.6 Å². The molecule has 0 radical (unpaired) electrons. The van der Waals surface area contributed by atoms with Crippen LogP contribution in [0.4, 0.5) is 5.69 Å². The molecular weight excluding hydrogens is 320 g/mol. The van der Waals surface area contributed by atoms with Gasteiger partial charge in [0.2, 0.25) is 0 Å². The number of ether oxygens (including phenoxy) is 1. The minimum absolute atomic E-state index is 0.149. The lowest BCUT2D eigenvalue weighted by Crippen LogP contribution is -2.44. The summed E-state index contributed by atoms with van der Waals surface area (Å²) in [5.74, 6) is -0.338. The summed E-state index contributed by atoms with van der Waals surface area (Å²) in [5, 5.41) is 0.945. The molecule has 1 fully saturated rings. The highest BCUT2D eigenvalue weighted by Crippen LogP contribution is 2.24. The van der Waals surface area contributed by atoms with E-state index in [4.69, 9.17) is 0 Å². The standard InChI is InChI=1S/C18H24N4O3/c1-13-15-12-14(21-10-8-20(2)9-11-21)4-5-16(15)22(18(24)19-13)7-6-17(23)25-3/h4-5,12H,6-11H2,1-3H3. The Bertz CT molecular complexity index is 838. The highest BCUT2D eigenvalue weighted by Gasteiger charge is 2.16. The second-order valence-electron chi connectivity index (χ2n) is 6.45. The van der Waals surface area contributed by atoms with E-state index in [0.717, 1.165) is 42.8 Å². The quantitative estimate of drug-likeness (QED) is 0.772. The molecule has 0 N–H and O–H groups in total. The molecule has 1 aliphatic rings. The third-order valence-electron chi connectivity index (χ3n) is 4.79. The molecule has 3 rings (SSSR count). The first kappa shape index (κ1) is 17.4. The van der Waals surface area contributed by atoms with Gasteiger partial charge in [-0.05, 0) is 32.2 Å². The smallest absolute Gasteiger partial charge is 0.348 e. The van der Waals surface area contributed by atoms with Crippen molar-refractivity contribution >= 4 is 22.6 Å². The molecule has 2 aromatic rings. The SMILES string of the molecule is COC(=O)CCn1c(=O)nc(C)c2cc(N3CCN(C)CC3)ccc21. The van der Waals surface area contributed by atoms with Gasteiger partial charge in [-0.2, -0.15) is 4.98 Å². The van der Waals surface area contributed by atoms with Gasteiger partial charge < -0.3 is 14.5 Å². The van der Waals surface area contributed by atoms with Crippen molar-refractivity contribution in [3.05, 3.63) is 34.4 Å². The van der Waals surface area contributed by atoms with Crippen LogP contribution in [0.15, 0.2) is 23.0 Å². The molecule has 134 valence electrons. The van der Waals surface area contributed by atoms with Gasteiger partial charge in [-0.25, -0.2) is 4.79 Å². The molecule has 0 spiro atoms. The van der Waals surface area contributed by atoms with E-state index in [1.165, 1.54) is 7.11 Å². The Kier molecular flexibility index (Phi) is 5.03. The Balaban J connectivity index is 1.96. The zero-order valence-corrected chi connectivity index (χ0v) is 15.0. The first-order valence-electron chi connectivity index (χ1n) is 8.51. The number of aromatic nitrogens is 2. The van der Waals surface area contributed by atoms with E-state index in [1.807, 2.05) is 19.1 Å². The monoisotopic (exact) mass is 344 g/mol. The van der Waals surface area contributed by atoms with Crippen LogP contribution in [0.1, 0.15) is 12.1 Å². The Morgan fingerprint density at radius 1 is 1.24 bits per heavy atom. The van der Waals surface area contributed by atoms with Crippen molar-refractivity contribution in [3.8, 4) is 0 Å². The largest absolute Gasteiger partial charge is 0.469 e. The third kappa shape index (κ3) is 3.66. The van der Waals surface area contributed by atoms with Crippen molar-refractivity contribution < 1.29 is 9.53 Å². The van der Waals surface area contributed by atoms with Crippen LogP contribution in [-0.2, 0) is 16.1 Å². The second-order valence-corrected chi connectivity index (χ2v) is 6.45. The number of fused-ring (bicyclic) bond motifs is 1. The molecule has 1 saturated heterocycles. The number of rotatable bonds is 4. The predicted octanol–water partition coefficient (Wildman–Crippen LogP) is 1.02. The van der Waals surface area contributed by atoms with Crippen LogP contribution in [-0.4, -0.2) is 60.8 Å². The summed E-state index contributed by atoms with van der Waals surface area (Å²) in [6, 6.07) is 6.09. The average molecular weight is 344 g/mol. The van der Waals surface area contributed by atoms with E-state index in [1.54, 1.807) is 4.57 Å². The summed E-state index contributed by atoms with van der Waals surface area (Å²) in [6.07, 6.45) is 0.149. The number of carbonyl (C=O) groups is 1. The van der Waals surface area contributed by atoms with Gasteiger partial charge in [-0.3, -0.25) is 9.36 Å². The zero-order valence-electron chi connectivity index (χ0n) is 15.0. The summed E-state index contributed by atoms with van der Waals surface area (Å²) >= 11 is 0. The Labute approximate surface area is 146 Å². The van der Waals surface area contributed by atoms with E-state index in [9.17, 15) is 9.59 Å². The fourth-order valence-corrected chi connectivity index (χ4v) is 3.20. The summed E-state index contributed by atoms with van der Waals surface area (Å²) in [6.45, 7) is 6.15. The molecule has 25 heavy (non-hydrogen) atoms. The van der Waals surface area contributed by atoms with E-state index in [0.29, 0.717) is 5.69 Å². The number of benzene rings is 1. The molecule has 0 bridgehead atoms. The van der Waals surface area contributed by atoms with Crippen molar-refractivity contribution in [3.63, 3.8) is 0 Å². The Morgan fingerprint density at radius 3 is 2.64 bits per heavy atom. The van der Waals surface area contributed by atoms with Crippen LogP contribution in [0, 0.1) is 6.92 Å². The maximum Gasteiger partial charge on any atom is 0.348 e. The minimum Gasteiger partial charge on any atom is -0.469 e. The van der Waals surface area contributed by atoms with Gasteiger partial charge in [0.25, 0.3) is 0 Å². The van der Waals surface area contributed by atoms with Crippen molar-refractivity contribution in [1.29, 1.82) is 0 Å². The number of aryl methyl sites for hydroxylation is 2. The van der Waals surface area contributed by atoms with E-state index in [-0.39, 0.29) is 24.6 Å². The molecule has 1 aliphatic heterocycles. The number of piperazine rings is 1. The van der Waals surface area contributed by atoms with Crippen molar-refractivity contribution in [1.82, 2.24) is 14.5 Å². The number of hydrogen-bond acceptors (Lipinski definition) is 6. The molecule has 1 aromatic carbocycles. The average Bonchev–Trinajstić information content (AvgIpc) is 2.61. The number of anilines is 1. The Hall–Kier alpha value is -2.41. The van der Waals surface area contributed by atoms with Crippen LogP contribution >= 0.6 is 0 Å². The fourth-order valence-electron chi connectivity index (χ4n) is 3.20. The third-order valence-corrected chi connectivity index (χ3v) is 4.79. The van der Waals surface area contributed by atoms with Crippen molar-refractivity contribution in [2.75, 3.05) is 45.2 Å². The maximum atomic E-state index is 12.3. The van der Waals surface area contributed by atoms with E-state index < -0.39 is 0 Å². The van der Waals surface area contributed by atoms with Gasteiger partial charge in [-0.15, -0.1) is 0 Å². The molecule has 0 saturated carbocycles. The van der Waals surface area contributed by atoms with Gasteiger partial charge in [0.1, 0.15) is 0 Å². The van der Waals surface area contributed by atoms with Gasteiger partial charge >= 0.3 is 11.7 Å². The Morgan fingerprint density at radius 2 is 1.96 bits per heavy atom. The minimum atomic E-state index is -0.338. The molecule has 0 unspecified atom stereocenters. The molecule has 0 aliphatic carbocycles. The number of esters is 1. The van der Waals surface area contributed by atoms with Gasteiger partial charge in [0, 0.05) is 43.8 Å². The number of carbonyl (C=O) groups excluding carboxylic acids is 1. The van der Waals surface area contributed by atoms with Gasteiger partial charge in [-0.1, -0.05) is 0 Å². The number of methoxy groups -OCH3 is 1. The maximum absolute atomic E-state index is 12.3. The van der Waals surface area contributed by atoms with Crippen LogP contribution in [0.2, 0.25) is 0 Å². The molecule has 2 heterocycles. The van der Waals surface area contributed by atoms with Crippen LogP contribution < -0.4 is 10.6 Å². The summed E-state index contributed by atoms with van der Waals surface area (Å²) in [5.41, 5.74) is 2.33. The highest BCUT2D eigenvalue weighted by molar-refractivity contribution is 5.85. The summed E-state index contributed by atoms with van der Waals surface area (Å²) in [7, 11) is 3.48. The summed E-state index contributed by atoms with van der Waals surface area (Å²) < 4.78 is 6.22. The molecular formula is C18H24N4O3. The molecule has 7 heteroatoms. The van der Waals surface area contributed by atoms with Gasteiger partial charge in [0.05, 0.1) is 24.7 Å². The van der Waals surface area contributed by atoms with Crippen molar-refractivity contribution in [2.24, 2.45) is 0 Å². The molecule has 7 nitrogen and oxygen atoms in total. The van der Waals surface area contributed by atoms with Gasteiger partial charge in [0.15, 0.2) is 0 Å². The second kappa shape index (κ2) is 7.23. The first-order chi connectivity index (χ1) is 12.0. The van der Waals surface area contributed by atoms with E-state index >= 15 is 0 Å². The van der Waals surface area contributed by atoms with Crippen LogP contribution in [0.25, 0.3) is 10.9 Å². The first-order valence-corrected chi connectivity index (χ1v) is 8.51. The predicted molar refractivity (Wildman–Crippen MR) is 97.1 cm³/mol. The lowest BCUT2D eigenvalue weighted by atomic mass is 10.1. The lowest BCUT2D eigenvalue weighted by Gasteiger charge is -2.34. The summed E-state index contributed by atoms with van der Waals surface area (Å²) in [4.78, 5) is 32.5. The molecule has 1 aromatic heterocycles. The number of hydrogen-bond donors (Lipinski definition) is 0. The highest BCUT2D eigenvalue weighted by atomic mass is 16.5. The fraction of sp³-hybridized carbons (Fsp3) is 0.500. The zero-order chi connectivity index (χ0) is 18.0. The molecule has 0 amide bonds. The number of nitrogens with zero attached hydrogens (tertiary/aromatic N) is 4. The number of likely N-dealkylation sites (N-methyl/N-ethyl adjacent to an activating group) is 1. The van der Waals surface area contributed by atoms with Crippen LogP contribution in [0.3, 0.4) is 0 Å². The normalized spacial score (nSPS) is 15.6. The lowest BCUT2D eigenvalue weighted by molar-refractivity contribution is -0.140.